The van der Waals surface area contributed by atoms with Crippen LogP contribution in [0.1, 0.15) is 36.3 Å². The van der Waals surface area contributed by atoms with Gasteiger partial charge in [0.25, 0.3) is 0 Å². The van der Waals surface area contributed by atoms with Crippen LogP contribution in [0.3, 0.4) is 0 Å². The number of hydrogen-bond donors (Lipinski definition) is 1. The summed E-state index contributed by atoms with van der Waals surface area (Å²) in [6, 6.07) is 8.40. The highest BCUT2D eigenvalue weighted by Gasteiger charge is 2.22. The summed E-state index contributed by atoms with van der Waals surface area (Å²) in [5.41, 5.74) is 1.46. The lowest BCUT2D eigenvalue weighted by atomic mass is 10.0. The number of methoxy groups -OCH3 is 3. The van der Waals surface area contributed by atoms with Crippen LogP contribution in [0.2, 0.25) is 5.02 Å². The molecule has 0 bridgehead atoms. The number of nitrogens with zero attached hydrogens (tertiary/aromatic N) is 2. The van der Waals surface area contributed by atoms with Crippen LogP contribution in [0.5, 0.6) is 23.0 Å². The number of amides is 1. The Morgan fingerprint density at radius 3 is 2.40 bits per heavy atom. The van der Waals surface area contributed by atoms with Crippen molar-refractivity contribution in [3.05, 3.63) is 70.8 Å². The highest BCUT2D eigenvalue weighted by molar-refractivity contribution is 6.32. The molecule has 1 aromatic heterocycles. The molecule has 0 aliphatic heterocycles. The molecule has 1 atom stereocenters. The minimum absolute atomic E-state index is 0.318. The molecule has 3 aromatic rings. The quantitative estimate of drug-likeness (QED) is 0.381. The van der Waals surface area contributed by atoms with E-state index in [1.807, 2.05) is 36.9 Å². The summed E-state index contributed by atoms with van der Waals surface area (Å²) >= 11 is 6.40. The lowest BCUT2D eigenvalue weighted by molar-refractivity contribution is -0.117. The first kappa shape index (κ1) is 26.0. The monoisotopic (exact) mass is 499 g/mol. The summed E-state index contributed by atoms with van der Waals surface area (Å²) < 4.78 is 23.8. The summed E-state index contributed by atoms with van der Waals surface area (Å²) in [5.74, 6) is 2.54. The first-order chi connectivity index (χ1) is 16.9. The molecule has 3 rings (SSSR count). The molecule has 0 radical (unpaired) electrons. The molecular formula is C26H30ClN3O5. The minimum atomic E-state index is -0.543. The van der Waals surface area contributed by atoms with Crippen LogP contribution in [-0.2, 0) is 11.8 Å². The van der Waals surface area contributed by atoms with Gasteiger partial charge in [-0.05, 0) is 47.9 Å². The van der Waals surface area contributed by atoms with E-state index in [0.29, 0.717) is 46.0 Å². The Kier molecular flexibility index (Phi) is 9.03. The number of benzene rings is 2. The number of nitrogens with one attached hydrogen (secondary N) is 1. The molecule has 0 saturated carbocycles. The van der Waals surface area contributed by atoms with Crippen molar-refractivity contribution in [1.29, 1.82) is 0 Å². The lowest BCUT2D eigenvalue weighted by Gasteiger charge is -2.20. The van der Waals surface area contributed by atoms with Crippen molar-refractivity contribution in [3.8, 4) is 23.0 Å². The third-order valence-electron chi connectivity index (χ3n) is 5.24. The predicted octanol–water partition coefficient (Wildman–Crippen LogP) is 4.81. The van der Waals surface area contributed by atoms with Gasteiger partial charge in [-0.3, -0.25) is 4.79 Å². The van der Waals surface area contributed by atoms with Crippen LogP contribution < -0.4 is 24.3 Å². The van der Waals surface area contributed by atoms with Gasteiger partial charge >= 0.3 is 0 Å². The molecule has 0 spiro atoms. The van der Waals surface area contributed by atoms with Crippen molar-refractivity contribution in [3.63, 3.8) is 0 Å². The molecular weight excluding hydrogens is 470 g/mol. The summed E-state index contributed by atoms with van der Waals surface area (Å²) in [7, 11) is 6.57. The summed E-state index contributed by atoms with van der Waals surface area (Å²) in [6.07, 6.45) is 7.44. The smallest absolute Gasteiger partial charge is 0.244 e. The number of rotatable bonds is 11. The van der Waals surface area contributed by atoms with Gasteiger partial charge in [-0.15, -0.1) is 0 Å². The Balaban J connectivity index is 1.88. The normalized spacial score (nSPS) is 11.8. The largest absolute Gasteiger partial charge is 0.497 e. The average Bonchev–Trinajstić information content (AvgIpc) is 3.29. The minimum Gasteiger partial charge on any atom is -0.497 e. The zero-order valence-corrected chi connectivity index (χ0v) is 21.3. The number of ether oxygens (including phenoxy) is 4. The van der Waals surface area contributed by atoms with Crippen LogP contribution in [-0.4, -0.2) is 43.4 Å². The SMILES string of the molecule is CCCOc1c(Cl)cc(/C=C/C(=O)NC(c2cc(OC)cc(OC)c2)c2nccn2C)cc1OC. The Hall–Kier alpha value is -3.65. The summed E-state index contributed by atoms with van der Waals surface area (Å²) in [5, 5.41) is 3.43. The Bertz CT molecular complexity index is 1170. The van der Waals surface area contributed by atoms with E-state index in [9.17, 15) is 4.79 Å². The van der Waals surface area contributed by atoms with Gasteiger partial charge < -0.3 is 28.8 Å². The fraction of sp³-hybridized carbons (Fsp3) is 0.308. The third kappa shape index (κ3) is 6.48. The van der Waals surface area contributed by atoms with Crippen molar-refractivity contribution >= 4 is 23.6 Å². The topological polar surface area (TPSA) is 83.8 Å². The highest BCUT2D eigenvalue weighted by Crippen LogP contribution is 2.37. The van der Waals surface area contributed by atoms with Crippen LogP contribution in [0, 0.1) is 0 Å². The van der Waals surface area contributed by atoms with Crippen molar-refractivity contribution in [2.24, 2.45) is 7.05 Å². The second-order valence-electron chi connectivity index (χ2n) is 7.70. The van der Waals surface area contributed by atoms with Crippen molar-refractivity contribution in [2.75, 3.05) is 27.9 Å². The zero-order chi connectivity index (χ0) is 25.4. The molecule has 1 N–H and O–H groups in total. The lowest BCUT2D eigenvalue weighted by Crippen LogP contribution is -2.29. The van der Waals surface area contributed by atoms with Crippen LogP contribution in [0.25, 0.3) is 6.08 Å². The van der Waals surface area contributed by atoms with E-state index in [1.54, 1.807) is 51.8 Å². The number of imidazole rings is 1. The Morgan fingerprint density at radius 2 is 1.83 bits per heavy atom. The van der Waals surface area contributed by atoms with E-state index in [4.69, 9.17) is 30.5 Å². The molecule has 0 aliphatic carbocycles. The van der Waals surface area contributed by atoms with E-state index >= 15 is 0 Å². The molecule has 186 valence electrons. The zero-order valence-electron chi connectivity index (χ0n) is 20.5. The Morgan fingerprint density at radius 1 is 1.11 bits per heavy atom. The number of carbonyl (C=O) groups excluding carboxylic acids is 1. The second kappa shape index (κ2) is 12.2. The molecule has 8 nitrogen and oxygen atoms in total. The highest BCUT2D eigenvalue weighted by atomic mass is 35.5. The molecule has 2 aromatic carbocycles. The molecule has 0 fully saturated rings. The molecule has 1 heterocycles. The fourth-order valence-corrected chi connectivity index (χ4v) is 3.76. The van der Waals surface area contributed by atoms with Crippen molar-refractivity contribution in [1.82, 2.24) is 14.9 Å². The summed E-state index contributed by atoms with van der Waals surface area (Å²) in [4.78, 5) is 17.4. The maximum Gasteiger partial charge on any atom is 0.244 e. The molecule has 1 unspecified atom stereocenters. The van der Waals surface area contributed by atoms with Gasteiger partial charge in [0.05, 0.1) is 33.0 Å². The first-order valence-corrected chi connectivity index (χ1v) is 11.5. The van der Waals surface area contributed by atoms with Crippen LogP contribution in [0.4, 0.5) is 0 Å². The van der Waals surface area contributed by atoms with Gasteiger partial charge in [-0.2, -0.15) is 0 Å². The Labute approximate surface area is 210 Å². The predicted molar refractivity (Wildman–Crippen MR) is 136 cm³/mol. The van der Waals surface area contributed by atoms with Crippen LogP contribution >= 0.6 is 11.6 Å². The third-order valence-corrected chi connectivity index (χ3v) is 5.52. The van der Waals surface area contributed by atoms with Gasteiger partial charge in [-0.1, -0.05) is 18.5 Å². The standard InChI is InChI=1S/C26H30ClN3O5/c1-6-11-35-25-21(27)12-17(13-22(25)34-5)7-8-23(31)29-24(26-28-9-10-30(26)2)18-14-19(32-3)16-20(15-18)33-4/h7-10,12-16,24H,6,11H2,1-5H3,(H,29,31)/b8-7+. The number of halogens is 1. The van der Waals surface area contributed by atoms with E-state index in [2.05, 4.69) is 10.3 Å². The van der Waals surface area contributed by atoms with Gasteiger partial charge in [0, 0.05) is 31.6 Å². The van der Waals surface area contributed by atoms with E-state index in [-0.39, 0.29) is 5.91 Å². The molecule has 0 saturated heterocycles. The van der Waals surface area contributed by atoms with Gasteiger partial charge in [0.2, 0.25) is 5.91 Å². The van der Waals surface area contributed by atoms with Gasteiger partial charge in [-0.25, -0.2) is 4.98 Å². The molecule has 9 heteroatoms. The van der Waals surface area contributed by atoms with Crippen molar-refractivity contribution in [2.45, 2.75) is 19.4 Å². The first-order valence-electron chi connectivity index (χ1n) is 11.1. The maximum atomic E-state index is 13.0. The van der Waals surface area contributed by atoms with Crippen molar-refractivity contribution < 1.29 is 23.7 Å². The van der Waals surface area contributed by atoms with E-state index in [0.717, 1.165) is 12.0 Å². The summed E-state index contributed by atoms with van der Waals surface area (Å²) in [6.45, 7) is 2.53. The van der Waals surface area contributed by atoms with Crippen LogP contribution in [0.15, 0.2) is 48.8 Å². The van der Waals surface area contributed by atoms with E-state index < -0.39 is 6.04 Å². The van der Waals surface area contributed by atoms with E-state index in [1.165, 1.54) is 6.08 Å². The number of carbonyl (C=O) groups is 1. The fourth-order valence-electron chi connectivity index (χ4n) is 3.49. The number of aryl methyl sites for hydroxylation is 1. The maximum absolute atomic E-state index is 13.0. The average molecular weight is 500 g/mol. The number of aromatic nitrogens is 2. The molecule has 35 heavy (non-hydrogen) atoms. The van der Waals surface area contributed by atoms with Gasteiger partial charge in [0.1, 0.15) is 23.4 Å². The number of hydrogen-bond acceptors (Lipinski definition) is 6. The molecule has 0 aliphatic rings. The van der Waals surface area contributed by atoms with Gasteiger partial charge in [0.15, 0.2) is 11.5 Å². The molecule has 1 amide bonds. The second-order valence-corrected chi connectivity index (χ2v) is 8.11.